The van der Waals surface area contributed by atoms with Crippen LogP contribution in [0.25, 0.3) is 66.1 Å². The van der Waals surface area contributed by atoms with Crippen LogP contribution in [0.15, 0.2) is 151 Å². The first-order valence-electron chi connectivity index (χ1n) is 21.9. The monoisotopic (exact) mass is 893 g/mol. The Morgan fingerprint density at radius 2 is 1.14 bits per heavy atom. The maximum absolute atomic E-state index is 15.2. The smallest absolute Gasteiger partial charge is 0.403 e. The maximum Gasteiger partial charge on any atom is 0.526 e. The molecular formula is C53H43F3NO5PS. The first kappa shape index (κ1) is 40.8. The standard InChI is InChI=1S/C53H43F3NO5PS/c54-53(55,56)64(59,60)57-63(58)61-51-47(37-23-17-35(18-24-37)41-27-21-33-9-1-3-11-39(33)29-41)31-43-13-5-7-15-45(43)49(51)50-46-16-8-6-14-44(46)32-48(52(50)62-63)38-25-19-36(20-26-38)42-28-22-34-10-2-4-12-40(34)30-42/h1-4,9-12,17-32,43,45H,5-8,13-16H2,(H,57,58). The van der Waals surface area contributed by atoms with Gasteiger partial charge in [-0.2, -0.15) is 13.2 Å². The lowest BCUT2D eigenvalue weighted by molar-refractivity contribution is -0.0443. The van der Waals surface area contributed by atoms with Crippen LogP contribution < -0.4 is 9.02 Å². The molecule has 3 unspecified atom stereocenters. The van der Waals surface area contributed by atoms with Crippen molar-refractivity contribution in [2.75, 3.05) is 0 Å². The van der Waals surface area contributed by atoms with Crippen molar-refractivity contribution < 1.29 is 35.2 Å². The maximum atomic E-state index is 15.2. The Bertz CT molecular complexity index is 3250. The number of rotatable bonds is 6. The second kappa shape index (κ2) is 15.7. The molecule has 3 atom stereocenters. The highest BCUT2D eigenvalue weighted by molar-refractivity contribution is 7.95. The summed E-state index contributed by atoms with van der Waals surface area (Å²) in [5.41, 5.74) is 3.98. The van der Waals surface area contributed by atoms with Crippen molar-refractivity contribution in [2.24, 2.45) is 11.8 Å². The van der Waals surface area contributed by atoms with Crippen LogP contribution in [0.4, 0.5) is 13.2 Å². The molecule has 1 saturated carbocycles. The predicted molar refractivity (Wildman–Crippen MR) is 249 cm³/mol. The third-order valence-electron chi connectivity index (χ3n) is 13.4. The van der Waals surface area contributed by atoms with Gasteiger partial charge in [-0.15, -0.1) is 0 Å². The van der Waals surface area contributed by atoms with Crippen LogP contribution in [-0.4, -0.2) is 13.9 Å². The molecule has 7 aromatic carbocycles. The highest BCUT2D eigenvalue weighted by Crippen LogP contribution is 2.63. The van der Waals surface area contributed by atoms with E-state index in [-0.39, 0.29) is 23.3 Å². The Balaban J connectivity index is 1.10. The highest BCUT2D eigenvalue weighted by atomic mass is 32.2. The second-order valence-electron chi connectivity index (χ2n) is 17.4. The lowest BCUT2D eigenvalue weighted by Gasteiger charge is -2.38. The van der Waals surface area contributed by atoms with Crippen molar-refractivity contribution in [3.63, 3.8) is 0 Å². The number of fused-ring (bicyclic) bond motifs is 8. The first-order chi connectivity index (χ1) is 30.9. The van der Waals surface area contributed by atoms with E-state index in [1.54, 1.807) is 0 Å². The molecule has 0 amide bonds. The molecule has 1 aliphatic heterocycles. The van der Waals surface area contributed by atoms with Crippen LogP contribution >= 0.6 is 7.75 Å². The van der Waals surface area contributed by atoms with Gasteiger partial charge in [0, 0.05) is 22.3 Å². The number of halogens is 3. The summed E-state index contributed by atoms with van der Waals surface area (Å²) in [6.45, 7) is 0. The van der Waals surface area contributed by atoms with Gasteiger partial charge in [0.25, 0.3) is 0 Å². The van der Waals surface area contributed by atoms with E-state index in [9.17, 15) is 21.6 Å². The van der Waals surface area contributed by atoms with E-state index in [0.717, 1.165) is 99.9 Å². The van der Waals surface area contributed by atoms with Crippen molar-refractivity contribution in [1.82, 2.24) is 4.49 Å². The van der Waals surface area contributed by atoms with Gasteiger partial charge < -0.3 is 9.05 Å². The fourth-order valence-electron chi connectivity index (χ4n) is 10.3. The summed E-state index contributed by atoms with van der Waals surface area (Å²) in [5, 5.41) is 4.45. The highest BCUT2D eigenvalue weighted by Gasteiger charge is 2.54. The molecule has 0 radical (unpaired) electrons. The van der Waals surface area contributed by atoms with Gasteiger partial charge in [0.15, 0.2) is 0 Å². The van der Waals surface area contributed by atoms with Crippen LogP contribution in [-0.2, 0) is 32.0 Å². The molecule has 322 valence electrons. The molecule has 1 N–H and O–H groups in total. The molecule has 0 saturated heterocycles. The molecule has 7 aromatic rings. The number of sulfonamides is 1. The van der Waals surface area contributed by atoms with Gasteiger partial charge in [0.2, 0.25) is 0 Å². The van der Waals surface area contributed by atoms with Crippen molar-refractivity contribution in [3.8, 4) is 39.1 Å². The van der Waals surface area contributed by atoms with Crippen molar-refractivity contribution in [1.29, 1.82) is 0 Å². The average molecular weight is 894 g/mol. The van der Waals surface area contributed by atoms with Crippen LogP contribution in [0.1, 0.15) is 60.8 Å². The van der Waals surface area contributed by atoms with Crippen LogP contribution in [0, 0.1) is 11.8 Å². The zero-order valence-electron chi connectivity index (χ0n) is 34.7. The van der Waals surface area contributed by atoms with Gasteiger partial charge in [-0.05, 0) is 135 Å². The molecule has 0 aromatic heterocycles. The molecule has 3 aliphatic carbocycles. The number of hydrogen-bond donors (Lipinski definition) is 1. The van der Waals surface area contributed by atoms with E-state index in [4.69, 9.17) is 9.05 Å². The summed E-state index contributed by atoms with van der Waals surface area (Å²) < 4.78 is 98.0. The molecule has 1 heterocycles. The minimum atomic E-state index is -6.22. The third kappa shape index (κ3) is 7.26. The lowest BCUT2D eigenvalue weighted by Crippen LogP contribution is -2.36. The molecular weight excluding hydrogens is 851 g/mol. The largest absolute Gasteiger partial charge is 0.526 e. The van der Waals surface area contributed by atoms with E-state index >= 15 is 4.57 Å². The van der Waals surface area contributed by atoms with Gasteiger partial charge >= 0.3 is 23.3 Å². The first-order valence-corrected chi connectivity index (χ1v) is 24.9. The molecule has 6 nitrogen and oxygen atoms in total. The zero-order chi connectivity index (χ0) is 43.8. The Kier molecular flexibility index (Phi) is 9.98. The lowest BCUT2D eigenvalue weighted by atomic mass is 9.67. The summed E-state index contributed by atoms with van der Waals surface area (Å²) in [5.74, 6) is 0.0429. The fourth-order valence-corrected chi connectivity index (χ4v) is 13.1. The van der Waals surface area contributed by atoms with Crippen LogP contribution in [0.3, 0.4) is 0 Å². The molecule has 0 bridgehead atoms. The van der Waals surface area contributed by atoms with Crippen LogP contribution in [0.2, 0.25) is 0 Å². The molecule has 64 heavy (non-hydrogen) atoms. The van der Waals surface area contributed by atoms with Crippen molar-refractivity contribution in [3.05, 3.63) is 174 Å². The number of aryl methyl sites for hydroxylation is 1. The summed E-state index contributed by atoms with van der Waals surface area (Å²) in [4.78, 5) is 0. The van der Waals surface area contributed by atoms with Gasteiger partial charge in [-0.3, -0.25) is 0 Å². The second-order valence-corrected chi connectivity index (χ2v) is 20.9. The quantitative estimate of drug-likeness (QED) is 0.168. The number of nitrogens with one attached hydrogen (secondary N) is 1. The van der Waals surface area contributed by atoms with Crippen LogP contribution in [0.5, 0.6) is 5.75 Å². The molecule has 1 fully saturated rings. The normalized spacial score (nSPS) is 20.8. The van der Waals surface area contributed by atoms with Crippen molar-refractivity contribution in [2.45, 2.75) is 56.9 Å². The minimum absolute atomic E-state index is 0.0348. The van der Waals surface area contributed by atoms with Gasteiger partial charge in [0.1, 0.15) is 11.5 Å². The molecule has 0 spiro atoms. The fraction of sp³-hybridized carbons (Fsp3) is 0.208. The molecule has 11 rings (SSSR count). The van der Waals surface area contributed by atoms with Gasteiger partial charge in [-0.25, -0.2) is 13.0 Å². The SMILES string of the molecule is O=P1(NS(=O)(=O)C(F)(F)F)OC2=C(c3c4c(cc(-c5ccc(-c6ccc7ccccc7c6)cc5)c3O1)CCCC4)C1CCCCC1C=C2c1ccc(-c2ccc3ccccc3c2)cc1. The summed E-state index contributed by atoms with van der Waals surface area (Å²) in [6, 6.07) is 46.4. The van der Waals surface area contributed by atoms with E-state index in [2.05, 4.69) is 66.7 Å². The predicted octanol–water partition coefficient (Wildman–Crippen LogP) is 14.4. The number of benzene rings is 7. The van der Waals surface area contributed by atoms with Gasteiger partial charge in [0.05, 0.1) is 0 Å². The Morgan fingerprint density at radius 3 is 1.77 bits per heavy atom. The zero-order valence-corrected chi connectivity index (χ0v) is 36.4. The molecule has 4 aliphatic rings. The van der Waals surface area contributed by atoms with Gasteiger partial charge in [-0.1, -0.05) is 145 Å². The summed E-state index contributed by atoms with van der Waals surface area (Å²) in [7, 11) is -11.6. The summed E-state index contributed by atoms with van der Waals surface area (Å²) >= 11 is 0. The summed E-state index contributed by atoms with van der Waals surface area (Å²) in [6.07, 6.45) is 8.85. The van der Waals surface area contributed by atoms with E-state index in [1.165, 1.54) is 4.49 Å². The molecule has 11 heteroatoms. The number of hydrogen-bond acceptors (Lipinski definition) is 5. The Morgan fingerprint density at radius 1 is 0.594 bits per heavy atom. The van der Waals surface area contributed by atoms with E-state index in [1.807, 2.05) is 78.9 Å². The third-order valence-corrected chi connectivity index (χ3v) is 16.8. The van der Waals surface area contributed by atoms with E-state index < -0.39 is 23.3 Å². The Hall–Kier alpha value is -5.93. The van der Waals surface area contributed by atoms with E-state index in [0.29, 0.717) is 39.8 Å². The minimum Gasteiger partial charge on any atom is -0.403 e. The Labute approximate surface area is 370 Å². The average Bonchev–Trinajstić information content (AvgIpc) is 3.44. The topological polar surface area (TPSA) is 81.7 Å². The number of allylic oxidation sites excluding steroid dienone is 3. The van der Waals surface area contributed by atoms with Crippen molar-refractivity contribution >= 4 is 50.5 Å². The number of alkyl halides is 3.